The van der Waals surface area contributed by atoms with E-state index in [0.29, 0.717) is 30.2 Å². The fraction of sp³-hybridized carbons (Fsp3) is 0.250. The van der Waals surface area contributed by atoms with Crippen molar-refractivity contribution < 1.29 is 23.4 Å². The Hall–Kier alpha value is -3.07. The molecule has 3 aromatic rings. The molecule has 3 aromatic carbocycles. The average Bonchev–Trinajstić information content (AvgIpc) is 3.12. The summed E-state index contributed by atoms with van der Waals surface area (Å²) in [7, 11) is -3.38. The third kappa shape index (κ3) is 5.21. The zero-order chi connectivity index (χ0) is 22.7. The Morgan fingerprint density at radius 2 is 1.88 bits per heavy atom. The third-order valence-corrected chi connectivity index (χ3v) is 5.94. The summed E-state index contributed by atoms with van der Waals surface area (Å²) >= 11 is 0. The van der Waals surface area contributed by atoms with Gasteiger partial charge in [-0.15, -0.1) is 0 Å². The predicted molar refractivity (Wildman–Crippen MR) is 125 cm³/mol. The Labute approximate surface area is 187 Å². The van der Waals surface area contributed by atoms with Crippen LogP contribution >= 0.6 is 0 Å². The van der Waals surface area contributed by atoms with E-state index in [2.05, 4.69) is 16.1 Å². The topological polar surface area (TPSA) is 108 Å². The van der Waals surface area contributed by atoms with Gasteiger partial charge in [0, 0.05) is 36.8 Å². The highest BCUT2D eigenvalue weighted by Crippen LogP contribution is 2.43. The number of aromatic hydroxyl groups is 1. The smallest absolute Gasteiger partial charge is 0.229 e. The monoisotopic (exact) mass is 454 g/mol. The van der Waals surface area contributed by atoms with Gasteiger partial charge in [0.05, 0.1) is 12.4 Å². The molecule has 0 spiro atoms. The van der Waals surface area contributed by atoms with Crippen LogP contribution in [0.5, 0.6) is 11.5 Å². The van der Waals surface area contributed by atoms with Gasteiger partial charge in [0.25, 0.3) is 0 Å². The lowest BCUT2D eigenvalue weighted by Crippen LogP contribution is -2.26. The molecule has 0 aromatic heterocycles. The summed E-state index contributed by atoms with van der Waals surface area (Å²) in [5.41, 5.74) is 5.26. The van der Waals surface area contributed by atoms with E-state index >= 15 is 0 Å². The highest BCUT2D eigenvalue weighted by atomic mass is 32.2. The first-order valence-electron chi connectivity index (χ1n) is 10.3. The molecule has 4 rings (SSSR count). The van der Waals surface area contributed by atoms with Crippen molar-refractivity contribution in [2.24, 2.45) is 0 Å². The maximum atomic E-state index is 11.4. The minimum Gasteiger partial charge on any atom is -0.507 e. The summed E-state index contributed by atoms with van der Waals surface area (Å²) in [5, 5.41) is 23.9. The summed E-state index contributed by atoms with van der Waals surface area (Å²) < 4.78 is 31.0. The number of fused-ring (bicyclic) bond motifs is 3. The Morgan fingerprint density at radius 3 is 2.69 bits per heavy atom. The Kier molecular flexibility index (Phi) is 6.36. The van der Waals surface area contributed by atoms with E-state index in [1.807, 2.05) is 24.3 Å². The predicted octanol–water partition coefficient (Wildman–Crippen LogP) is 3.04. The zero-order valence-corrected chi connectivity index (χ0v) is 18.5. The lowest BCUT2D eigenvalue weighted by Gasteiger charge is -2.14. The number of hydrogen-bond acceptors (Lipinski definition) is 6. The van der Waals surface area contributed by atoms with Gasteiger partial charge in [-0.3, -0.25) is 4.72 Å². The Balaban J connectivity index is 1.29. The summed E-state index contributed by atoms with van der Waals surface area (Å²) in [6.07, 6.45) is 1.01. The summed E-state index contributed by atoms with van der Waals surface area (Å²) in [4.78, 5) is 0. The van der Waals surface area contributed by atoms with Crippen molar-refractivity contribution in [2.45, 2.75) is 12.5 Å². The van der Waals surface area contributed by atoms with Crippen LogP contribution in [-0.4, -0.2) is 44.6 Å². The van der Waals surface area contributed by atoms with E-state index in [9.17, 15) is 18.6 Å². The molecule has 0 saturated carbocycles. The number of aliphatic hydroxyl groups is 1. The van der Waals surface area contributed by atoms with Crippen molar-refractivity contribution in [2.75, 3.05) is 30.7 Å². The van der Waals surface area contributed by atoms with E-state index in [1.165, 1.54) is 5.56 Å². The molecule has 4 N–H and O–H groups in total. The minimum atomic E-state index is -3.38. The lowest BCUT2D eigenvalue weighted by atomic mass is 10.1. The van der Waals surface area contributed by atoms with E-state index < -0.39 is 16.1 Å². The number of aliphatic hydroxyl groups excluding tert-OH is 1. The minimum absolute atomic E-state index is 0.236. The van der Waals surface area contributed by atoms with Crippen molar-refractivity contribution in [3.05, 3.63) is 77.4 Å². The molecule has 1 aliphatic rings. The maximum absolute atomic E-state index is 11.4. The van der Waals surface area contributed by atoms with Gasteiger partial charge in [-0.1, -0.05) is 36.4 Å². The molecule has 8 heteroatoms. The Morgan fingerprint density at radius 1 is 1.06 bits per heavy atom. The number of phenolic OH excluding ortho intramolecular Hbond substituents is 1. The number of rotatable bonds is 9. The fourth-order valence-corrected chi connectivity index (χ4v) is 4.44. The molecule has 0 bridgehead atoms. The quantitative estimate of drug-likeness (QED) is 0.290. The molecule has 0 radical (unpaired) electrons. The number of sulfonamides is 1. The van der Waals surface area contributed by atoms with E-state index in [-0.39, 0.29) is 12.3 Å². The lowest BCUT2D eigenvalue weighted by molar-refractivity contribution is 0.172. The van der Waals surface area contributed by atoms with Crippen molar-refractivity contribution in [3.8, 4) is 22.6 Å². The van der Waals surface area contributed by atoms with E-state index in [0.717, 1.165) is 29.4 Å². The first-order chi connectivity index (χ1) is 15.3. The van der Waals surface area contributed by atoms with Crippen molar-refractivity contribution in [1.29, 1.82) is 0 Å². The van der Waals surface area contributed by atoms with Crippen LogP contribution in [0.25, 0.3) is 11.1 Å². The number of phenols is 1. The second-order valence-corrected chi connectivity index (χ2v) is 9.62. The van der Waals surface area contributed by atoms with Gasteiger partial charge >= 0.3 is 0 Å². The van der Waals surface area contributed by atoms with Gasteiger partial charge in [-0.2, -0.15) is 0 Å². The molecule has 0 amide bonds. The summed E-state index contributed by atoms with van der Waals surface area (Å²) in [6, 6.07) is 18.4. The first kappa shape index (κ1) is 22.1. The molecule has 1 atom stereocenters. The van der Waals surface area contributed by atoms with Crippen LogP contribution < -0.4 is 14.8 Å². The maximum Gasteiger partial charge on any atom is 0.229 e. The largest absolute Gasteiger partial charge is 0.507 e. The Bertz CT molecular complexity index is 1230. The summed E-state index contributed by atoms with van der Waals surface area (Å²) in [5.74, 6) is 0.833. The van der Waals surface area contributed by atoms with Crippen molar-refractivity contribution >= 4 is 15.7 Å². The number of benzene rings is 3. The van der Waals surface area contributed by atoms with Crippen LogP contribution in [0.4, 0.5) is 5.69 Å². The van der Waals surface area contributed by atoms with E-state index in [4.69, 9.17) is 4.74 Å². The van der Waals surface area contributed by atoms with Gasteiger partial charge in [-0.25, -0.2) is 8.42 Å². The van der Waals surface area contributed by atoms with Crippen LogP contribution in [0, 0.1) is 0 Å². The van der Waals surface area contributed by atoms with Gasteiger partial charge in [-0.05, 0) is 40.5 Å². The molecule has 32 heavy (non-hydrogen) atoms. The standard InChI is InChI=1S/C24H26N2O5S/c1-32(29,30)26-18-7-4-6-17(11-18)24(28)15-25-9-10-31-19-13-21-20-8-3-2-5-16(20)12-22(21)23(27)14-19/h2-8,11,13-14,24-28H,9-10,12,15H2,1H3. The van der Waals surface area contributed by atoms with Crippen LogP contribution in [0.3, 0.4) is 0 Å². The zero-order valence-electron chi connectivity index (χ0n) is 17.7. The molecule has 1 unspecified atom stereocenters. The van der Waals surface area contributed by atoms with Crippen molar-refractivity contribution in [1.82, 2.24) is 5.32 Å². The molecular formula is C24H26N2O5S. The SMILES string of the molecule is CS(=O)(=O)Nc1cccc(C(O)CNCCOc2cc(O)c3c(c2)-c2ccccc2C3)c1. The molecule has 0 heterocycles. The van der Waals surface area contributed by atoms with Gasteiger partial charge in [0.1, 0.15) is 18.1 Å². The van der Waals surface area contributed by atoms with Crippen LogP contribution in [0.2, 0.25) is 0 Å². The third-order valence-electron chi connectivity index (χ3n) is 5.33. The highest BCUT2D eigenvalue weighted by molar-refractivity contribution is 7.92. The van der Waals surface area contributed by atoms with Crippen molar-refractivity contribution in [3.63, 3.8) is 0 Å². The van der Waals surface area contributed by atoms with Crippen LogP contribution in [0.1, 0.15) is 22.8 Å². The van der Waals surface area contributed by atoms with Crippen LogP contribution in [0.15, 0.2) is 60.7 Å². The first-order valence-corrected chi connectivity index (χ1v) is 12.2. The molecular weight excluding hydrogens is 428 g/mol. The fourth-order valence-electron chi connectivity index (χ4n) is 3.89. The van der Waals surface area contributed by atoms with Gasteiger partial charge in [0.2, 0.25) is 10.0 Å². The molecule has 7 nitrogen and oxygen atoms in total. The number of ether oxygens (including phenoxy) is 1. The van der Waals surface area contributed by atoms with Crippen LogP contribution in [-0.2, 0) is 16.4 Å². The normalized spacial score (nSPS) is 13.3. The molecule has 0 aliphatic heterocycles. The molecule has 1 aliphatic carbocycles. The molecule has 168 valence electrons. The molecule has 0 saturated heterocycles. The number of nitrogens with one attached hydrogen (secondary N) is 2. The van der Waals surface area contributed by atoms with Gasteiger partial charge < -0.3 is 20.3 Å². The number of hydrogen-bond donors (Lipinski definition) is 4. The number of anilines is 1. The molecule has 0 fully saturated rings. The highest BCUT2D eigenvalue weighted by Gasteiger charge is 2.22. The summed E-state index contributed by atoms with van der Waals surface area (Å²) in [6.45, 7) is 1.14. The van der Waals surface area contributed by atoms with Gasteiger partial charge in [0.15, 0.2) is 0 Å². The average molecular weight is 455 g/mol. The van der Waals surface area contributed by atoms with E-state index in [1.54, 1.807) is 30.3 Å². The second-order valence-electron chi connectivity index (χ2n) is 7.87. The second kappa shape index (κ2) is 9.20.